The molecule has 0 saturated heterocycles. The zero-order valence-electron chi connectivity index (χ0n) is 8.99. The lowest BCUT2D eigenvalue weighted by Crippen LogP contribution is -1.78. The molecule has 0 aromatic heterocycles. The molecule has 1 aromatic carbocycles. The molecule has 0 nitrogen and oxygen atoms in total. The Balaban J connectivity index is 2.43. The van der Waals surface area contributed by atoms with Crippen LogP contribution in [0.15, 0.2) is 35.2 Å². The lowest BCUT2D eigenvalue weighted by Gasteiger charge is -2.00. The van der Waals surface area contributed by atoms with Crippen LogP contribution in [0.2, 0.25) is 0 Å². The zero-order chi connectivity index (χ0) is 10.2. The summed E-state index contributed by atoms with van der Waals surface area (Å²) in [4.78, 5) is 1.41. The molecule has 0 unspecified atom stereocenters. The van der Waals surface area contributed by atoms with Crippen molar-refractivity contribution in [2.45, 2.75) is 26.7 Å². The van der Waals surface area contributed by atoms with E-state index in [-0.39, 0.29) is 0 Å². The van der Waals surface area contributed by atoms with Crippen molar-refractivity contribution in [1.82, 2.24) is 0 Å². The normalized spacial score (nSPS) is 11.7. The molecule has 1 aromatic rings. The van der Waals surface area contributed by atoms with Gasteiger partial charge in [-0.25, -0.2) is 0 Å². The summed E-state index contributed by atoms with van der Waals surface area (Å²) in [5, 5.41) is 0. The summed E-state index contributed by atoms with van der Waals surface area (Å²) in [5.41, 5.74) is 1.30. The molecular formula is C13H18S. The standard InChI is InChI=1S/C13H18S/c1-3-4-10-14-12(2)11-13-8-6-5-7-9-13/h5-9,11H,3-4,10H2,1-2H3. The smallest absolute Gasteiger partial charge is 0.00234 e. The third-order valence-electron chi connectivity index (χ3n) is 2.00. The van der Waals surface area contributed by atoms with Gasteiger partial charge in [0.15, 0.2) is 0 Å². The summed E-state index contributed by atoms with van der Waals surface area (Å²) in [7, 11) is 0. The summed E-state index contributed by atoms with van der Waals surface area (Å²) in [6, 6.07) is 10.5. The molecule has 0 heterocycles. The van der Waals surface area contributed by atoms with Gasteiger partial charge in [0.1, 0.15) is 0 Å². The minimum absolute atomic E-state index is 1.24. The van der Waals surface area contributed by atoms with Crippen LogP contribution in [-0.4, -0.2) is 5.75 Å². The van der Waals surface area contributed by atoms with E-state index in [1.165, 1.54) is 29.1 Å². The molecule has 0 atom stereocenters. The predicted octanol–water partition coefficient (Wildman–Crippen LogP) is 4.58. The average molecular weight is 206 g/mol. The highest BCUT2D eigenvalue weighted by molar-refractivity contribution is 8.03. The highest BCUT2D eigenvalue weighted by Gasteiger charge is 1.91. The second kappa shape index (κ2) is 6.72. The molecule has 0 aliphatic carbocycles. The fourth-order valence-electron chi connectivity index (χ4n) is 1.20. The van der Waals surface area contributed by atoms with E-state index in [0.29, 0.717) is 0 Å². The van der Waals surface area contributed by atoms with E-state index in [1.54, 1.807) is 0 Å². The molecule has 0 bridgehead atoms. The quantitative estimate of drug-likeness (QED) is 0.635. The van der Waals surface area contributed by atoms with Gasteiger partial charge in [-0.05, 0) is 35.6 Å². The number of rotatable bonds is 5. The lowest BCUT2D eigenvalue weighted by atomic mass is 10.2. The first kappa shape index (κ1) is 11.4. The van der Waals surface area contributed by atoms with Crippen molar-refractivity contribution in [1.29, 1.82) is 0 Å². The van der Waals surface area contributed by atoms with E-state index in [0.717, 1.165) is 0 Å². The van der Waals surface area contributed by atoms with Crippen LogP contribution in [0, 0.1) is 0 Å². The third kappa shape index (κ3) is 4.52. The Kier molecular flexibility index (Phi) is 5.46. The Bertz CT molecular complexity index is 275. The highest BCUT2D eigenvalue weighted by atomic mass is 32.2. The predicted molar refractivity (Wildman–Crippen MR) is 67.5 cm³/mol. The topological polar surface area (TPSA) is 0 Å². The Morgan fingerprint density at radius 2 is 2.00 bits per heavy atom. The van der Waals surface area contributed by atoms with Gasteiger partial charge in [-0.1, -0.05) is 43.7 Å². The number of benzene rings is 1. The highest BCUT2D eigenvalue weighted by Crippen LogP contribution is 2.19. The molecule has 0 spiro atoms. The second-order valence-corrected chi connectivity index (χ2v) is 4.71. The minimum Gasteiger partial charge on any atom is -0.131 e. The van der Waals surface area contributed by atoms with Gasteiger partial charge in [0, 0.05) is 0 Å². The first-order valence-corrected chi connectivity index (χ1v) is 6.17. The van der Waals surface area contributed by atoms with Crippen LogP contribution in [-0.2, 0) is 0 Å². The molecule has 0 aliphatic rings. The Morgan fingerprint density at radius 1 is 1.29 bits per heavy atom. The largest absolute Gasteiger partial charge is 0.131 e. The van der Waals surface area contributed by atoms with Crippen molar-refractivity contribution in [3.8, 4) is 0 Å². The van der Waals surface area contributed by atoms with Crippen LogP contribution >= 0.6 is 11.8 Å². The molecule has 0 amide bonds. The lowest BCUT2D eigenvalue weighted by molar-refractivity contribution is 0.897. The van der Waals surface area contributed by atoms with Crippen molar-refractivity contribution < 1.29 is 0 Å². The van der Waals surface area contributed by atoms with E-state index in [2.05, 4.69) is 50.3 Å². The minimum atomic E-state index is 1.24. The number of thioether (sulfide) groups is 1. The summed E-state index contributed by atoms with van der Waals surface area (Å²) < 4.78 is 0. The Labute approximate surface area is 91.4 Å². The van der Waals surface area contributed by atoms with Gasteiger partial charge in [0.05, 0.1) is 0 Å². The van der Waals surface area contributed by atoms with E-state index < -0.39 is 0 Å². The number of hydrogen-bond acceptors (Lipinski definition) is 1. The SMILES string of the molecule is CCCCSC(C)=Cc1ccccc1. The van der Waals surface area contributed by atoms with E-state index in [9.17, 15) is 0 Å². The monoisotopic (exact) mass is 206 g/mol. The first-order chi connectivity index (χ1) is 6.83. The molecule has 14 heavy (non-hydrogen) atoms. The van der Waals surface area contributed by atoms with E-state index in [1.807, 2.05) is 11.8 Å². The maximum absolute atomic E-state index is 2.25. The number of unbranched alkanes of at least 4 members (excludes halogenated alkanes) is 1. The van der Waals surface area contributed by atoms with Gasteiger partial charge >= 0.3 is 0 Å². The molecular weight excluding hydrogens is 188 g/mol. The Morgan fingerprint density at radius 3 is 2.64 bits per heavy atom. The Hall–Kier alpha value is -0.690. The van der Waals surface area contributed by atoms with Gasteiger partial charge in [-0.3, -0.25) is 0 Å². The van der Waals surface area contributed by atoms with Gasteiger partial charge < -0.3 is 0 Å². The van der Waals surface area contributed by atoms with E-state index in [4.69, 9.17) is 0 Å². The molecule has 0 N–H and O–H groups in total. The molecule has 76 valence electrons. The maximum Gasteiger partial charge on any atom is -0.00234 e. The zero-order valence-corrected chi connectivity index (χ0v) is 9.81. The van der Waals surface area contributed by atoms with Gasteiger partial charge in [0.25, 0.3) is 0 Å². The van der Waals surface area contributed by atoms with Crippen LogP contribution in [0.25, 0.3) is 6.08 Å². The van der Waals surface area contributed by atoms with E-state index >= 15 is 0 Å². The summed E-state index contributed by atoms with van der Waals surface area (Å²) in [6.07, 6.45) is 4.84. The van der Waals surface area contributed by atoms with Crippen LogP contribution in [0.1, 0.15) is 32.3 Å². The molecule has 1 rings (SSSR count). The average Bonchev–Trinajstić information content (AvgIpc) is 2.20. The summed E-state index contributed by atoms with van der Waals surface area (Å²) in [5.74, 6) is 1.24. The van der Waals surface area contributed by atoms with Crippen LogP contribution in [0.4, 0.5) is 0 Å². The molecule has 0 aliphatic heterocycles. The van der Waals surface area contributed by atoms with Gasteiger partial charge in [-0.2, -0.15) is 0 Å². The van der Waals surface area contributed by atoms with Crippen LogP contribution in [0.5, 0.6) is 0 Å². The first-order valence-electron chi connectivity index (χ1n) is 5.19. The number of allylic oxidation sites excluding steroid dienone is 1. The van der Waals surface area contributed by atoms with Crippen LogP contribution < -0.4 is 0 Å². The van der Waals surface area contributed by atoms with Gasteiger partial charge in [-0.15, -0.1) is 11.8 Å². The van der Waals surface area contributed by atoms with Crippen molar-refractivity contribution in [3.63, 3.8) is 0 Å². The maximum atomic E-state index is 2.25. The van der Waals surface area contributed by atoms with Crippen molar-refractivity contribution in [3.05, 3.63) is 40.8 Å². The molecule has 0 saturated carbocycles. The van der Waals surface area contributed by atoms with Crippen molar-refractivity contribution in [2.24, 2.45) is 0 Å². The number of hydrogen-bond donors (Lipinski definition) is 0. The van der Waals surface area contributed by atoms with Gasteiger partial charge in [0.2, 0.25) is 0 Å². The third-order valence-corrected chi connectivity index (χ3v) is 3.06. The molecule has 0 fully saturated rings. The van der Waals surface area contributed by atoms with Crippen molar-refractivity contribution >= 4 is 17.8 Å². The molecule has 1 heteroatoms. The fourth-order valence-corrected chi connectivity index (χ4v) is 2.18. The fraction of sp³-hybridized carbons (Fsp3) is 0.385. The summed E-state index contributed by atoms with van der Waals surface area (Å²) >= 11 is 1.96. The van der Waals surface area contributed by atoms with Crippen LogP contribution in [0.3, 0.4) is 0 Å². The second-order valence-electron chi connectivity index (χ2n) is 3.37. The summed E-state index contributed by atoms with van der Waals surface area (Å²) in [6.45, 7) is 4.42. The molecule has 0 radical (unpaired) electrons. The van der Waals surface area contributed by atoms with Crippen molar-refractivity contribution in [2.75, 3.05) is 5.75 Å².